The molecule has 0 amide bonds. The molecule has 1 aromatic carbocycles. The molecule has 0 radical (unpaired) electrons. The number of carbonyl (C=O) groups is 2. The molecule has 182 valence electrons. The summed E-state index contributed by atoms with van der Waals surface area (Å²) in [6, 6.07) is 5.73. The van der Waals surface area contributed by atoms with E-state index in [2.05, 4.69) is 0 Å². The van der Waals surface area contributed by atoms with Crippen molar-refractivity contribution in [3.05, 3.63) is 23.8 Å². The molecule has 4 atom stereocenters. The maximum Gasteiger partial charge on any atom is 0.309 e. The first-order chi connectivity index (χ1) is 16.0. The third kappa shape index (κ3) is 2.42. The van der Waals surface area contributed by atoms with Crippen molar-refractivity contribution in [1.82, 2.24) is 0 Å². The average Bonchev–Trinajstić information content (AvgIpc) is 2.73. The number of hydrogen-bond donors (Lipinski definition) is 4. The van der Waals surface area contributed by atoms with E-state index in [1.165, 1.54) is 12.0 Å². The van der Waals surface area contributed by atoms with Crippen LogP contribution < -0.4 is 5.73 Å². The van der Waals surface area contributed by atoms with Gasteiger partial charge in [0.2, 0.25) is 0 Å². The molecule has 8 aliphatic carbocycles. The number of nitrogen functional groups attached to an aromatic ring is 1. The minimum atomic E-state index is -0.878. The number of phenolic OH excluding ortho intramolecular Hbond substituents is 1. The van der Waals surface area contributed by atoms with Crippen LogP contribution in [0.5, 0.6) is 5.75 Å². The molecule has 0 spiro atoms. The fourth-order valence-electron chi connectivity index (χ4n) is 11.6. The molecule has 8 aliphatic rings. The Morgan fingerprint density at radius 3 is 1.91 bits per heavy atom. The Morgan fingerprint density at radius 1 is 0.765 bits per heavy atom. The molecule has 0 aliphatic heterocycles. The molecule has 6 nitrogen and oxygen atoms in total. The number of rotatable bonds is 4. The van der Waals surface area contributed by atoms with Crippen LogP contribution in [-0.2, 0) is 15.0 Å². The highest BCUT2D eigenvalue weighted by Crippen LogP contribution is 2.80. The fourth-order valence-corrected chi connectivity index (χ4v) is 11.6. The van der Waals surface area contributed by atoms with Crippen molar-refractivity contribution in [2.24, 2.45) is 39.4 Å². The summed E-state index contributed by atoms with van der Waals surface area (Å²) in [5.74, 6) is -0.000766. The van der Waals surface area contributed by atoms with Gasteiger partial charge in [0.15, 0.2) is 0 Å². The molecule has 8 fully saturated rings. The minimum absolute atomic E-state index is 0.00199. The van der Waals surface area contributed by atoms with Crippen molar-refractivity contribution in [1.29, 1.82) is 0 Å². The van der Waals surface area contributed by atoms with Crippen LogP contribution in [-0.4, -0.2) is 27.3 Å². The Hall–Kier alpha value is -2.24. The fraction of sp³-hybridized carbons (Fsp3) is 0.714. The van der Waals surface area contributed by atoms with Crippen LogP contribution in [0.25, 0.3) is 0 Å². The Balaban J connectivity index is 1.37. The summed E-state index contributed by atoms with van der Waals surface area (Å²) in [6.07, 6.45) is 10.7. The van der Waals surface area contributed by atoms with Crippen molar-refractivity contribution >= 4 is 17.6 Å². The number of aromatic hydroxyl groups is 1. The van der Waals surface area contributed by atoms with Crippen LogP contribution in [0.4, 0.5) is 5.69 Å². The smallest absolute Gasteiger partial charge is 0.309 e. The number of hydrogen-bond acceptors (Lipinski definition) is 4. The molecule has 5 N–H and O–H groups in total. The predicted molar refractivity (Wildman–Crippen MR) is 125 cm³/mol. The van der Waals surface area contributed by atoms with Gasteiger partial charge in [0.25, 0.3) is 0 Å². The SMILES string of the molecule is Nc1cc(C23CC4CC(C2)CC(C25CC6CC(C(=O)O)(CC(C(=O)O)(C6)C2)C5)(C4)C3)ccc1O. The summed E-state index contributed by atoms with van der Waals surface area (Å²) in [5, 5.41) is 30.9. The van der Waals surface area contributed by atoms with Gasteiger partial charge in [0.05, 0.1) is 16.5 Å². The standard InChI is InChI=1S/C28H35NO5/c29-20-4-19(1-2-21(20)30)24-5-16-3-17(6-24)10-27(9-16,13-24)28-11-18-7-25(14-28,22(31)32)12-26(8-18,15-28)23(33)34/h1-2,4,16-18,30H,3,5-15,29H2,(H,31,32)(H,33,34). The van der Waals surface area contributed by atoms with Crippen LogP contribution in [0.2, 0.25) is 0 Å². The van der Waals surface area contributed by atoms with Gasteiger partial charge in [-0.3, -0.25) is 9.59 Å². The number of phenols is 1. The van der Waals surface area contributed by atoms with Crippen molar-refractivity contribution in [2.45, 2.75) is 82.5 Å². The Kier molecular flexibility index (Phi) is 3.79. The van der Waals surface area contributed by atoms with Gasteiger partial charge in [-0.05, 0) is 129 Å². The topological polar surface area (TPSA) is 121 Å². The highest BCUT2D eigenvalue weighted by Gasteiger charge is 2.75. The second-order valence-corrected chi connectivity index (χ2v) is 13.8. The third-order valence-electron chi connectivity index (χ3n) is 11.8. The number of nitrogens with two attached hydrogens (primary N) is 1. The van der Waals surface area contributed by atoms with E-state index in [0.717, 1.165) is 38.5 Å². The van der Waals surface area contributed by atoms with E-state index in [4.69, 9.17) is 5.73 Å². The molecule has 6 heteroatoms. The molecule has 0 heterocycles. The second-order valence-electron chi connectivity index (χ2n) is 13.8. The molecule has 34 heavy (non-hydrogen) atoms. The van der Waals surface area contributed by atoms with E-state index in [1.54, 1.807) is 6.07 Å². The molecular formula is C28H35NO5. The largest absolute Gasteiger partial charge is 0.506 e. The van der Waals surface area contributed by atoms with Crippen LogP contribution in [0.1, 0.15) is 82.6 Å². The van der Waals surface area contributed by atoms with E-state index in [1.807, 2.05) is 12.1 Å². The lowest BCUT2D eigenvalue weighted by atomic mass is 9.29. The summed E-state index contributed by atoms with van der Waals surface area (Å²) < 4.78 is 0. The van der Waals surface area contributed by atoms with Gasteiger partial charge in [0.1, 0.15) is 5.75 Å². The number of aliphatic carboxylic acids is 2. The predicted octanol–water partition coefficient (Wildman–Crippen LogP) is 4.94. The van der Waals surface area contributed by atoms with Gasteiger partial charge in [-0.2, -0.15) is 0 Å². The van der Waals surface area contributed by atoms with Crippen LogP contribution in [0.3, 0.4) is 0 Å². The van der Waals surface area contributed by atoms with Gasteiger partial charge >= 0.3 is 11.9 Å². The first-order valence-corrected chi connectivity index (χ1v) is 13.1. The molecule has 8 saturated carbocycles. The Bertz CT molecular complexity index is 1080. The zero-order valence-corrected chi connectivity index (χ0v) is 19.7. The zero-order chi connectivity index (χ0) is 23.7. The average molecular weight is 466 g/mol. The number of anilines is 1. The summed E-state index contributed by atoms with van der Waals surface area (Å²) in [6.45, 7) is 0. The maximum absolute atomic E-state index is 12.7. The normalized spacial score (nSPS) is 49.9. The summed E-state index contributed by atoms with van der Waals surface area (Å²) in [4.78, 5) is 25.4. The van der Waals surface area contributed by atoms with E-state index in [9.17, 15) is 24.9 Å². The highest BCUT2D eigenvalue weighted by molar-refractivity contribution is 5.81. The number of benzene rings is 1. The molecule has 0 aromatic heterocycles. The lowest BCUT2D eigenvalue weighted by Crippen LogP contribution is -2.69. The molecule has 0 saturated heterocycles. The molecule has 9 rings (SSSR count). The quantitative estimate of drug-likeness (QED) is 0.369. The van der Waals surface area contributed by atoms with Crippen LogP contribution in [0, 0.1) is 39.4 Å². The van der Waals surface area contributed by atoms with E-state index in [0.29, 0.717) is 49.6 Å². The molecule has 8 bridgehead atoms. The van der Waals surface area contributed by atoms with Crippen LogP contribution in [0.15, 0.2) is 18.2 Å². The lowest BCUT2D eigenvalue weighted by molar-refractivity contribution is -0.251. The molecule has 1 aromatic rings. The van der Waals surface area contributed by atoms with Crippen molar-refractivity contribution in [2.75, 3.05) is 5.73 Å². The van der Waals surface area contributed by atoms with Gasteiger partial charge < -0.3 is 21.1 Å². The summed E-state index contributed by atoms with van der Waals surface area (Å²) in [7, 11) is 0. The number of carboxylic acid groups (broad SMARTS) is 2. The lowest BCUT2D eigenvalue weighted by Gasteiger charge is -2.74. The molecule has 4 unspecified atom stereocenters. The maximum atomic E-state index is 12.7. The number of carboxylic acids is 2. The monoisotopic (exact) mass is 465 g/mol. The summed E-state index contributed by atoms with van der Waals surface area (Å²) >= 11 is 0. The van der Waals surface area contributed by atoms with Crippen molar-refractivity contribution in [3.63, 3.8) is 0 Å². The van der Waals surface area contributed by atoms with Gasteiger partial charge in [-0.15, -0.1) is 0 Å². The van der Waals surface area contributed by atoms with Gasteiger partial charge in [0, 0.05) is 0 Å². The highest BCUT2D eigenvalue weighted by atomic mass is 16.4. The second kappa shape index (κ2) is 6.11. The van der Waals surface area contributed by atoms with E-state index >= 15 is 0 Å². The van der Waals surface area contributed by atoms with Gasteiger partial charge in [-0.1, -0.05) is 6.07 Å². The first kappa shape index (κ1) is 21.1. The van der Waals surface area contributed by atoms with E-state index < -0.39 is 22.8 Å². The van der Waals surface area contributed by atoms with Crippen molar-refractivity contribution in [3.8, 4) is 5.75 Å². The third-order valence-corrected chi connectivity index (χ3v) is 11.8. The van der Waals surface area contributed by atoms with E-state index in [-0.39, 0.29) is 27.9 Å². The zero-order valence-electron chi connectivity index (χ0n) is 19.7. The Morgan fingerprint density at radius 2 is 1.35 bits per heavy atom. The van der Waals surface area contributed by atoms with Crippen LogP contribution >= 0.6 is 0 Å². The first-order valence-electron chi connectivity index (χ1n) is 13.1. The van der Waals surface area contributed by atoms with Gasteiger partial charge in [-0.25, -0.2) is 0 Å². The molecular weight excluding hydrogens is 430 g/mol. The van der Waals surface area contributed by atoms with Crippen molar-refractivity contribution < 1.29 is 24.9 Å². The summed E-state index contributed by atoms with van der Waals surface area (Å²) in [5.41, 5.74) is 5.83. The minimum Gasteiger partial charge on any atom is -0.506 e. The Labute approximate surface area is 199 Å².